The van der Waals surface area contributed by atoms with Crippen molar-refractivity contribution in [3.63, 3.8) is 0 Å². The zero-order chi connectivity index (χ0) is 15.4. The predicted molar refractivity (Wildman–Crippen MR) is 83.1 cm³/mol. The SMILES string of the molecule is CC#Cc1ccc(C2=NOC(CC(C)S(C)=O)C2)c(F)c1. The smallest absolute Gasteiger partial charge is 0.134 e. The molecule has 3 atom stereocenters. The molecule has 0 bridgehead atoms. The van der Waals surface area contributed by atoms with Crippen LogP contribution in [0, 0.1) is 17.7 Å². The van der Waals surface area contributed by atoms with Crippen LogP contribution in [0.15, 0.2) is 23.4 Å². The van der Waals surface area contributed by atoms with E-state index in [0.29, 0.717) is 29.7 Å². The van der Waals surface area contributed by atoms with Crippen molar-refractivity contribution in [1.82, 2.24) is 0 Å². The fourth-order valence-electron chi connectivity index (χ4n) is 2.19. The quantitative estimate of drug-likeness (QED) is 0.802. The second-order valence-electron chi connectivity index (χ2n) is 5.08. The van der Waals surface area contributed by atoms with Crippen molar-refractivity contribution < 1.29 is 13.4 Å². The van der Waals surface area contributed by atoms with Gasteiger partial charge in [0.15, 0.2) is 0 Å². The van der Waals surface area contributed by atoms with Gasteiger partial charge in [-0.1, -0.05) is 18.0 Å². The highest BCUT2D eigenvalue weighted by Gasteiger charge is 2.26. The lowest BCUT2D eigenvalue weighted by Crippen LogP contribution is -2.19. The van der Waals surface area contributed by atoms with E-state index in [9.17, 15) is 8.60 Å². The Kier molecular flexibility index (Phi) is 5.13. The molecule has 1 aliphatic heterocycles. The number of hydrogen-bond acceptors (Lipinski definition) is 3. The average Bonchev–Trinajstić information content (AvgIpc) is 2.87. The highest BCUT2D eigenvalue weighted by atomic mass is 32.2. The van der Waals surface area contributed by atoms with Gasteiger partial charge in [0.2, 0.25) is 0 Å². The molecule has 112 valence electrons. The number of oxime groups is 1. The Balaban J connectivity index is 2.07. The molecular weight excluding hydrogens is 289 g/mol. The summed E-state index contributed by atoms with van der Waals surface area (Å²) in [6.45, 7) is 3.63. The Hall–Kier alpha value is -1.67. The Labute approximate surface area is 127 Å². The maximum atomic E-state index is 14.1. The minimum atomic E-state index is -0.892. The molecule has 21 heavy (non-hydrogen) atoms. The van der Waals surface area contributed by atoms with Gasteiger partial charge in [0, 0.05) is 46.3 Å². The van der Waals surface area contributed by atoms with Gasteiger partial charge in [-0.2, -0.15) is 0 Å². The van der Waals surface area contributed by atoms with Gasteiger partial charge in [-0.05, 0) is 25.1 Å². The molecule has 0 aliphatic carbocycles. The summed E-state index contributed by atoms with van der Waals surface area (Å²) in [5.41, 5.74) is 1.69. The fraction of sp³-hybridized carbons (Fsp3) is 0.438. The van der Waals surface area contributed by atoms with E-state index >= 15 is 0 Å². The van der Waals surface area contributed by atoms with Crippen molar-refractivity contribution in [3.05, 3.63) is 35.1 Å². The molecule has 0 saturated carbocycles. The first-order valence-electron chi connectivity index (χ1n) is 6.79. The van der Waals surface area contributed by atoms with E-state index in [4.69, 9.17) is 4.84 Å². The summed E-state index contributed by atoms with van der Waals surface area (Å²) in [7, 11) is -0.892. The van der Waals surface area contributed by atoms with E-state index in [1.807, 2.05) is 6.92 Å². The van der Waals surface area contributed by atoms with Crippen LogP contribution in [0.4, 0.5) is 4.39 Å². The van der Waals surface area contributed by atoms with E-state index in [-0.39, 0.29) is 17.2 Å². The van der Waals surface area contributed by atoms with Crippen LogP contribution < -0.4 is 0 Å². The highest BCUT2D eigenvalue weighted by molar-refractivity contribution is 7.84. The summed E-state index contributed by atoms with van der Waals surface area (Å²) in [6, 6.07) is 4.86. The summed E-state index contributed by atoms with van der Waals surface area (Å²) < 4.78 is 25.5. The van der Waals surface area contributed by atoms with Crippen LogP contribution in [0.1, 0.15) is 37.8 Å². The third kappa shape index (κ3) is 3.92. The summed E-state index contributed by atoms with van der Waals surface area (Å²) in [6.07, 6.45) is 2.73. The summed E-state index contributed by atoms with van der Waals surface area (Å²) >= 11 is 0. The highest BCUT2D eigenvalue weighted by Crippen LogP contribution is 2.23. The molecule has 5 heteroatoms. The van der Waals surface area contributed by atoms with Gasteiger partial charge in [-0.3, -0.25) is 4.21 Å². The minimum absolute atomic E-state index is 0.0385. The summed E-state index contributed by atoms with van der Waals surface area (Å²) in [4.78, 5) is 5.33. The van der Waals surface area contributed by atoms with Crippen LogP contribution in [0.3, 0.4) is 0 Å². The molecule has 1 aromatic carbocycles. The van der Waals surface area contributed by atoms with Crippen molar-refractivity contribution in [2.45, 2.75) is 38.0 Å². The van der Waals surface area contributed by atoms with Gasteiger partial charge in [0.25, 0.3) is 0 Å². The monoisotopic (exact) mass is 307 g/mol. The van der Waals surface area contributed by atoms with Crippen molar-refractivity contribution in [2.24, 2.45) is 5.16 Å². The van der Waals surface area contributed by atoms with E-state index in [2.05, 4.69) is 17.0 Å². The maximum Gasteiger partial charge on any atom is 0.134 e. The van der Waals surface area contributed by atoms with Crippen molar-refractivity contribution in [1.29, 1.82) is 0 Å². The Bertz CT molecular complexity index is 645. The molecule has 1 aliphatic rings. The fourth-order valence-corrected chi connectivity index (χ4v) is 2.68. The normalized spacial score (nSPS) is 20.0. The van der Waals surface area contributed by atoms with Gasteiger partial charge in [0.05, 0.1) is 5.71 Å². The number of hydrogen-bond donors (Lipinski definition) is 0. The second kappa shape index (κ2) is 6.86. The van der Waals surface area contributed by atoms with Gasteiger partial charge in [-0.15, -0.1) is 5.92 Å². The third-order valence-corrected chi connectivity index (χ3v) is 4.77. The largest absolute Gasteiger partial charge is 0.392 e. The third-order valence-electron chi connectivity index (χ3n) is 3.44. The zero-order valence-corrected chi connectivity index (χ0v) is 13.2. The van der Waals surface area contributed by atoms with Gasteiger partial charge >= 0.3 is 0 Å². The van der Waals surface area contributed by atoms with Crippen molar-refractivity contribution in [3.8, 4) is 11.8 Å². The number of nitrogens with zero attached hydrogens (tertiary/aromatic N) is 1. The zero-order valence-electron chi connectivity index (χ0n) is 12.4. The van der Waals surface area contributed by atoms with Crippen LogP contribution in [-0.4, -0.2) is 27.5 Å². The molecule has 0 amide bonds. The Morgan fingerprint density at radius 3 is 2.95 bits per heavy atom. The van der Waals surface area contributed by atoms with E-state index in [1.165, 1.54) is 6.07 Å². The molecule has 3 unspecified atom stereocenters. The molecule has 1 aromatic rings. The standard InChI is InChI=1S/C16H18FNO2S/c1-4-5-12-6-7-14(15(17)9-12)16-10-13(20-18-16)8-11(2)21(3)19/h6-7,9,11,13H,8,10H2,1-3H3. The lowest BCUT2D eigenvalue weighted by molar-refractivity contribution is 0.0794. The molecule has 0 aromatic heterocycles. The minimum Gasteiger partial charge on any atom is -0.392 e. The number of halogens is 1. The topological polar surface area (TPSA) is 38.7 Å². The van der Waals surface area contributed by atoms with Gasteiger partial charge in [-0.25, -0.2) is 4.39 Å². The molecule has 0 radical (unpaired) electrons. The molecule has 0 saturated heterocycles. The van der Waals surface area contributed by atoms with E-state index < -0.39 is 10.8 Å². The van der Waals surface area contributed by atoms with Gasteiger partial charge < -0.3 is 4.84 Å². The van der Waals surface area contributed by atoms with Crippen molar-refractivity contribution >= 4 is 16.5 Å². The molecule has 0 N–H and O–H groups in total. The molecule has 0 spiro atoms. The first-order chi connectivity index (χ1) is 10.0. The average molecular weight is 307 g/mol. The maximum absolute atomic E-state index is 14.1. The first kappa shape index (κ1) is 15.7. The summed E-state index contributed by atoms with van der Waals surface area (Å²) in [5.74, 6) is 5.22. The number of rotatable bonds is 4. The molecule has 1 heterocycles. The van der Waals surface area contributed by atoms with Crippen LogP contribution in [0.25, 0.3) is 0 Å². The van der Waals surface area contributed by atoms with Crippen LogP contribution >= 0.6 is 0 Å². The predicted octanol–water partition coefficient (Wildman–Crippen LogP) is 2.85. The summed E-state index contributed by atoms with van der Waals surface area (Å²) in [5, 5.41) is 4.02. The Morgan fingerprint density at radius 1 is 1.57 bits per heavy atom. The number of benzene rings is 1. The van der Waals surface area contributed by atoms with Crippen LogP contribution in [-0.2, 0) is 15.6 Å². The molecular formula is C16H18FNO2S. The van der Waals surface area contributed by atoms with Crippen molar-refractivity contribution in [2.75, 3.05) is 6.26 Å². The lowest BCUT2D eigenvalue weighted by Gasteiger charge is -2.12. The van der Waals surface area contributed by atoms with E-state index in [0.717, 1.165) is 0 Å². The lowest BCUT2D eigenvalue weighted by atomic mass is 10.0. The molecule has 3 nitrogen and oxygen atoms in total. The molecule has 2 rings (SSSR count). The second-order valence-corrected chi connectivity index (χ2v) is 6.89. The molecule has 0 fully saturated rings. The van der Waals surface area contributed by atoms with Gasteiger partial charge in [0.1, 0.15) is 11.9 Å². The Morgan fingerprint density at radius 2 is 2.33 bits per heavy atom. The van der Waals surface area contributed by atoms with E-state index in [1.54, 1.807) is 25.3 Å². The van der Waals surface area contributed by atoms with Crippen LogP contribution in [0.2, 0.25) is 0 Å². The first-order valence-corrected chi connectivity index (χ1v) is 8.41. The van der Waals surface area contributed by atoms with Crippen LogP contribution in [0.5, 0.6) is 0 Å².